The number of halogens is 2. The summed E-state index contributed by atoms with van der Waals surface area (Å²) in [7, 11) is 0. The quantitative estimate of drug-likeness (QED) is 0.818. The SMILES string of the molecule is N#CC1(Cc2cc(Cl)ccc2F)CCCCC1=O. The van der Waals surface area contributed by atoms with Crippen molar-refractivity contribution in [3.8, 4) is 6.07 Å². The van der Waals surface area contributed by atoms with Crippen LogP contribution in [0.15, 0.2) is 18.2 Å². The van der Waals surface area contributed by atoms with Crippen LogP contribution in [0, 0.1) is 22.6 Å². The van der Waals surface area contributed by atoms with Gasteiger partial charge >= 0.3 is 0 Å². The summed E-state index contributed by atoms with van der Waals surface area (Å²) >= 11 is 5.82. The van der Waals surface area contributed by atoms with Crippen molar-refractivity contribution in [1.82, 2.24) is 0 Å². The topological polar surface area (TPSA) is 40.9 Å². The van der Waals surface area contributed by atoms with Gasteiger partial charge in [0.05, 0.1) is 6.07 Å². The Bertz CT molecular complexity index is 523. The number of benzene rings is 1. The lowest BCUT2D eigenvalue weighted by Gasteiger charge is -2.29. The second-order valence-electron chi connectivity index (χ2n) is 4.74. The van der Waals surface area contributed by atoms with Crippen LogP contribution in [-0.2, 0) is 11.2 Å². The van der Waals surface area contributed by atoms with E-state index in [1.807, 2.05) is 0 Å². The number of hydrogen-bond donors (Lipinski definition) is 0. The molecule has 4 heteroatoms. The molecule has 0 bridgehead atoms. The van der Waals surface area contributed by atoms with Crippen molar-refractivity contribution in [2.24, 2.45) is 5.41 Å². The highest BCUT2D eigenvalue weighted by Gasteiger charge is 2.40. The smallest absolute Gasteiger partial charge is 0.153 e. The van der Waals surface area contributed by atoms with E-state index in [-0.39, 0.29) is 12.2 Å². The molecule has 0 heterocycles. The Morgan fingerprint density at radius 2 is 2.22 bits per heavy atom. The Kier molecular flexibility index (Phi) is 3.68. The highest BCUT2D eigenvalue weighted by atomic mass is 35.5. The van der Waals surface area contributed by atoms with Crippen LogP contribution in [0.3, 0.4) is 0 Å². The minimum Gasteiger partial charge on any atom is -0.298 e. The summed E-state index contributed by atoms with van der Waals surface area (Å²) < 4.78 is 13.7. The number of nitrogens with zero attached hydrogens (tertiary/aromatic N) is 1. The average molecular weight is 266 g/mol. The van der Waals surface area contributed by atoms with Crippen LogP contribution < -0.4 is 0 Å². The molecule has 18 heavy (non-hydrogen) atoms. The van der Waals surface area contributed by atoms with E-state index in [1.54, 1.807) is 0 Å². The zero-order valence-corrected chi connectivity index (χ0v) is 10.6. The summed E-state index contributed by atoms with van der Waals surface area (Å²) in [5, 5.41) is 9.73. The number of carbonyl (C=O) groups is 1. The van der Waals surface area contributed by atoms with Gasteiger partial charge in [0, 0.05) is 17.9 Å². The fourth-order valence-corrected chi connectivity index (χ4v) is 2.63. The molecule has 0 spiro atoms. The first-order valence-electron chi connectivity index (χ1n) is 5.96. The standard InChI is InChI=1S/C14H13ClFNO/c15-11-4-5-12(16)10(7-11)8-14(9-17)6-2-1-3-13(14)18/h4-5,7H,1-3,6,8H2. The van der Waals surface area contributed by atoms with Crippen molar-refractivity contribution in [1.29, 1.82) is 5.26 Å². The summed E-state index contributed by atoms with van der Waals surface area (Å²) in [6.45, 7) is 0. The maximum Gasteiger partial charge on any atom is 0.153 e. The first kappa shape index (κ1) is 13.0. The Labute approximate surface area is 110 Å². The first-order chi connectivity index (χ1) is 8.57. The molecule has 0 N–H and O–H groups in total. The summed E-state index contributed by atoms with van der Waals surface area (Å²) in [5.41, 5.74) is -0.719. The monoisotopic (exact) mass is 265 g/mol. The Hall–Kier alpha value is -1.40. The lowest BCUT2D eigenvalue weighted by atomic mass is 9.70. The molecule has 0 radical (unpaired) electrons. The van der Waals surface area contributed by atoms with Crippen LogP contribution >= 0.6 is 11.6 Å². The lowest BCUT2D eigenvalue weighted by Crippen LogP contribution is -2.35. The van der Waals surface area contributed by atoms with Crippen molar-refractivity contribution < 1.29 is 9.18 Å². The minimum absolute atomic E-state index is 0.0735. The molecule has 1 unspecified atom stereocenters. The third-order valence-electron chi connectivity index (χ3n) is 3.51. The second-order valence-corrected chi connectivity index (χ2v) is 5.17. The van der Waals surface area contributed by atoms with Crippen molar-refractivity contribution in [3.63, 3.8) is 0 Å². The van der Waals surface area contributed by atoms with Crippen molar-refractivity contribution in [3.05, 3.63) is 34.6 Å². The van der Waals surface area contributed by atoms with Crippen molar-refractivity contribution >= 4 is 17.4 Å². The van der Waals surface area contributed by atoms with Gasteiger partial charge in [-0.1, -0.05) is 18.0 Å². The zero-order valence-electron chi connectivity index (χ0n) is 9.88. The number of ketones is 1. The molecular weight excluding hydrogens is 253 g/mol. The van der Waals surface area contributed by atoms with Crippen LogP contribution in [0.1, 0.15) is 31.2 Å². The molecule has 1 aliphatic carbocycles. The largest absolute Gasteiger partial charge is 0.298 e. The molecule has 1 aliphatic rings. The van der Waals surface area contributed by atoms with Gasteiger partial charge in [-0.25, -0.2) is 4.39 Å². The third-order valence-corrected chi connectivity index (χ3v) is 3.74. The van der Waals surface area contributed by atoms with Gasteiger partial charge in [-0.05, 0) is 36.6 Å². The number of nitriles is 1. The van der Waals surface area contributed by atoms with Gasteiger partial charge in [0.1, 0.15) is 11.2 Å². The molecule has 0 saturated heterocycles. The lowest BCUT2D eigenvalue weighted by molar-refractivity contribution is -0.128. The summed E-state index contributed by atoms with van der Waals surface area (Å²) in [6, 6.07) is 6.34. The molecule has 0 amide bonds. The number of Topliss-reactive ketones (excluding diaryl/α,β-unsaturated/α-hetero) is 1. The van der Waals surface area contributed by atoms with Crippen LogP contribution in [0.4, 0.5) is 4.39 Å². The van der Waals surface area contributed by atoms with Crippen molar-refractivity contribution in [2.75, 3.05) is 0 Å². The highest BCUT2D eigenvalue weighted by Crippen LogP contribution is 2.36. The van der Waals surface area contributed by atoms with Gasteiger partial charge in [-0.3, -0.25) is 4.79 Å². The molecule has 94 valence electrons. The average Bonchev–Trinajstić information content (AvgIpc) is 2.37. The molecular formula is C14H13ClFNO. The molecule has 0 aromatic heterocycles. The number of rotatable bonds is 2. The Morgan fingerprint density at radius 1 is 1.44 bits per heavy atom. The van der Waals surface area contributed by atoms with E-state index < -0.39 is 11.2 Å². The van der Waals surface area contributed by atoms with Crippen molar-refractivity contribution in [2.45, 2.75) is 32.1 Å². The molecule has 2 nitrogen and oxygen atoms in total. The molecule has 1 aromatic carbocycles. The summed E-state index contributed by atoms with van der Waals surface area (Å²) in [4.78, 5) is 12.0. The fraction of sp³-hybridized carbons (Fsp3) is 0.429. The van der Waals surface area contributed by atoms with Gasteiger partial charge in [0.2, 0.25) is 0 Å². The Balaban J connectivity index is 2.33. The minimum atomic E-state index is -1.07. The third kappa shape index (κ3) is 2.39. The number of carbonyl (C=O) groups excluding carboxylic acids is 1. The van der Waals surface area contributed by atoms with Crippen LogP contribution in [0.2, 0.25) is 5.02 Å². The zero-order chi connectivity index (χ0) is 13.2. The molecule has 1 atom stereocenters. The second kappa shape index (κ2) is 5.07. The normalized spacial score (nSPS) is 23.7. The molecule has 0 aliphatic heterocycles. The fourth-order valence-electron chi connectivity index (χ4n) is 2.44. The van der Waals surface area contributed by atoms with E-state index in [4.69, 9.17) is 11.6 Å². The Morgan fingerprint density at radius 3 is 2.89 bits per heavy atom. The van der Waals surface area contributed by atoms with Gasteiger partial charge in [-0.2, -0.15) is 5.26 Å². The van der Waals surface area contributed by atoms with Gasteiger partial charge in [-0.15, -0.1) is 0 Å². The van der Waals surface area contributed by atoms with E-state index in [9.17, 15) is 14.4 Å². The summed E-state index contributed by atoms with van der Waals surface area (Å²) in [6.07, 6.45) is 2.69. The van der Waals surface area contributed by atoms with Gasteiger partial charge < -0.3 is 0 Å². The molecule has 2 rings (SSSR count). The van der Waals surface area contributed by atoms with Crippen LogP contribution in [0.25, 0.3) is 0 Å². The molecule has 1 saturated carbocycles. The maximum absolute atomic E-state index is 13.7. The predicted molar refractivity (Wildman–Crippen MR) is 66.6 cm³/mol. The van der Waals surface area contributed by atoms with Crippen LogP contribution in [0.5, 0.6) is 0 Å². The predicted octanol–water partition coefficient (Wildman–Crippen LogP) is 3.67. The van der Waals surface area contributed by atoms with E-state index >= 15 is 0 Å². The van der Waals surface area contributed by atoms with E-state index in [2.05, 4.69) is 6.07 Å². The number of hydrogen-bond acceptors (Lipinski definition) is 2. The van der Waals surface area contributed by atoms with E-state index in [0.717, 1.165) is 12.8 Å². The van der Waals surface area contributed by atoms with Crippen LogP contribution in [-0.4, -0.2) is 5.78 Å². The molecule has 1 aromatic rings. The van der Waals surface area contributed by atoms with E-state index in [0.29, 0.717) is 23.4 Å². The first-order valence-corrected chi connectivity index (χ1v) is 6.34. The maximum atomic E-state index is 13.7. The molecule has 1 fully saturated rings. The van der Waals surface area contributed by atoms with Gasteiger partial charge in [0.25, 0.3) is 0 Å². The summed E-state index contributed by atoms with van der Waals surface area (Å²) in [5.74, 6) is -0.483. The van der Waals surface area contributed by atoms with Gasteiger partial charge in [0.15, 0.2) is 5.78 Å². The highest BCUT2D eigenvalue weighted by molar-refractivity contribution is 6.30. The van der Waals surface area contributed by atoms with E-state index in [1.165, 1.54) is 18.2 Å².